The van der Waals surface area contributed by atoms with E-state index >= 15 is 0 Å². The van der Waals surface area contributed by atoms with Crippen molar-refractivity contribution in [3.05, 3.63) is 53.9 Å². The van der Waals surface area contributed by atoms with Crippen molar-refractivity contribution in [1.29, 1.82) is 0 Å². The number of halogens is 3. The molecule has 0 spiro atoms. The first-order valence-corrected chi connectivity index (χ1v) is 8.66. The summed E-state index contributed by atoms with van der Waals surface area (Å²) < 4.78 is 54.4. The summed E-state index contributed by atoms with van der Waals surface area (Å²) in [6, 6.07) is 5.08. The van der Waals surface area contributed by atoms with Gasteiger partial charge in [0.25, 0.3) is 0 Å². The van der Waals surface area contributed by atoms with E-state index < -0.39 is 23.8 Å². The summed E-state index contributed by atoms with van der Waals surface area (Å²) in [5.74, 6) is -1.53. The Bertz CT molecular complexity index is 1000. The van der Waals surface area contributed by atoms with Crippen LogP contribution in [-0.4, -0.2) is 58.0 Å². The molecule has 0 amide bonds. The number of aromatic nitrogens is 5. The summed E-state index contributed by atoms with van der Waals surface area (Å²) in [6.07, 6.45) is 2.95. The van der Waals surface area contributed by atoms with E-state index in [0.717, 1.165) is 12.1 Å². The van der Waals surface area contributed by atoms with Crippen LogP contribution in [0.1, 0.15) is 11.4 Å². The zero-order valence-electron chi connectivity index (χ0n) is 16.0. The fourth-order valence-electron chi connectivity index (χ4n) is 2.23. The lowest BCUT2D eigenvalue weighted by Gasteiger charge is -2.18. The minimum absolute atomic E-state index is 0.0304. The van der Waals surface area contributed by atoms with Gasteiger partial charge in [-0.2, -0.15) is 13.8 Å². The van der Waals surface area contributed by atoms with E-state index in [4.69, 9.17) is 9.47 Å². The molecule has 0 aliphatic carbocycles. The Hall–Kier alpha value is -3.12. The van der Waals surface area contributed by atoms with Crippen LogP contribution in [0.2, 0.25) is 0 Å². The fraction of sp³-hybridized carbons (Fsp3) is 0.250. The van der Waals surface area contributed by atoms with Crippen LogP contribution in [0.25, 0.3) is 5.69 Å². The van der Waals surface area contributed by atoms with Crippen molar-refractivity contribution >= 4 is 15.7 Å². The van der Waals surface area contributed by atoms with Crippen LogP contribution in [0.4, 0.5) is 13.2 Å². The molecular weight excluding hydrogens is 405 g/mol. The number of rotatable bonds is 9. The van der Waals surface area contributed by atoms with Crippen LogP contribution in [0, 0.1) is 5.82 Å². The minimum Gasteiger partial charge on any atom is -0.457 e. The largest absolute Gasteiger partial charge is 0.457 e. The van der Waals surface area contributed by atoms with Gasteiger partial charge in [-0.3, -0.25) is 0 Å². The van der Waals surface area contributed by atoms with Crippen LogP contribution in [0.3, 0.4) is 0 Å². The predicted molar refractivity (Wildman–Crippen MR) is 101 cm³/mol. The zero-order valence-corrected chi connectivity index (χ0v) is 16.0. The van der Waals surface area contributed by atoms with Crippen LogP contribution < -0.4 is 9.47 Å². The standard InChI is InChI=1S/C16H16B2F3N5O4/c17-16(18,27)29-8-9-3-4-22-15(23-9)28-7-10-6-26(25-24-10)11-1-2-12(19)13(5-11)30-14(20)21/h1-6,14,27H,7-8,17-18H2. The predicted octanol–water partition coefficient (Wildman–Crippen LogP) is -0.237. The van der Waals surface area contributed by atoms with Gasteiger partial charge in [0.1, 0.15) is 12.3 Å². The molecule has 0 saturated carbocycles. The molecule has 0 aliphatic heterocycles. The van der Waals surface area contributed by atoms with Gasteiger partial charge in [0, 0.05) is 12.3 Å². The third-order valence-electron chi connectivity index (χ3n) is 3.55. The molecule has 3 rings (SSSR count). The zero-order chi connectivity index (χ0) is 21.7. The first kappa shape index (κ1) is 21.6. The normalized spacial score (nSPS) is 11.6. The van der Waals surface area contributed by atoms with Crippen molar-refractivity contribution < 1.29 is 32.5 Å². The molecule has 2 aromatic heterocycles. The first-order valence-electron chi connectivity index (χ1n) is 8.66. The summed E-state index contributed by atoms with van der Waals surface area (Å²) in [5, 5.41) is 17.4. The summed E-state index contributed by atoms with van der Waals surface area (Å²) in [6.45, 7) is -3.12. The summed E-state index contributed by atoms with van der Waals surface area (Å²) in [7, 11) is 3.00. The smallest absolute Gasteiger partial charge is 0.387 e. The number of benzene rings is 1. The third-order valence-corrected chi connectivity index (χ3v) is 3.55. The lowest BCUT2D eigenvalue weighted by atomic mass is 9.77. The van der Waals surface area contributed by atoms with Gasteiger partial charge in [-0.05, 0) is 18.2 Å². The van der Waals surface area contributed by atoms with E-state index in [1.165, 1.54) is 38.8 Å². The molecule has 30 heavy (non-hydrogen) atoms. The van der Waals surface area contributed by atoms with E-state index in [1.807, 2.05) is 0 Å². The maximum atomic E-state index is 13.6. The maximum absolute atomic E-state index is 13.6. The topological polar surface area (TPSA) is 104 Å². The van der Waals surface area contributed by atoms with Gasteiger partial charge >= 0.3 is 12.6 Å². The lowest BCUT2D eigenvalue weighted by Crippen LogP contribution is -2.32. The number of aliphatic hydroxyl groups is 1. The molecule has 0 unspecified atom stereocenters. The third kappa shape index (κ3) is 6.19. The number of alkyl halides is 2. The van der Waals surface area contributed by atoms with Crippen LogP contribution in [-0.2, 0) is 18.0 Å². The second-order valence-electron chi connectivity index (χ2n) is 6.50. The Morgan fingerprint density at radius 2 is 1.97 bits per heavy atom. The number of ether oxygens (including phenoxy) is 3. The molecule has 0 saturated heterocycles. The van der Waals surface area contributed by atoms with Gasteiger partial charge in [-0.25, -0.2) is 14.1 Å². The molecular formula is C16H16B2F3N5O4. The molecule has 0 aliphatic rings. The SMILES string of the molecule is BC(B)(O)OCc1ccnc(OCc2cn(-c3ccc(F)c(OC(F)F)c3)nn2)n1. The molecule has 2 heterocycles. The minimum atomic E-state index is -3.15. The Labute approximate surface area is 170 Å². The Balaban J connectivity index is 1.64. The molecule has 0 radical (unpaired) electrons. The van der Waals surface area contributed by atoms with Gasteiger partial charge in [-0.15, -0.1) is 5.10 Å². The van der Waals surface area contributed by atoms with E-state index in [0.29, 0.717) is 11.4 Å². The van der Waals surface area contributed by atoms with Crippen molar-refractivity contribution in [2.45, 2.75) is 25.4 Å². The van der Waals surface area contributed by atoms with Gasteiger partial charge in [0.2, 0.25) is 0 Å². The van der Waals surface area contributed by atoms with Crippen molar-refractivity contribution in [3.63, 3.8) is 0 Å². The number of nitrogens with zero attached hydrogens (tertiary/aromatic N) is 5. The Kier molecular flexibility index (Phi) is 6.57. The van der Waals surface area contributed by atoms with Gasteiger partial charge in [-0.1, -0.05) is 5.21 Å². The van der Waals surface area contributed by atoms with E-state index in [9.17, 15) is 18.3 Å². The van der Waals surface area contributed by atoms with Crippen LogP contribution in [0.5, 0.6) is 11.8 Å². The fourth-order valence-corrected chi connectivity index (χ4v) is 2.23. The average molecular weight is 421 g/mol. The van der Waals surface area contributed by atoms with Crippen molar-refractivity contribution in [2.75, 3.05) is 0 Å². The lowest BCUT2D eigenvalue weighted by molar-refractivity contribution is -0.0855. The number of hydrogen-bond acceptors (Lipinski definition) is 8. The highest BCUT2D eigenvalue weighted by Crippen LogP contribution is 2.22. The molecule has 3 aromatic rings. The molecule has 156 valence electrons. The van der Waals surface area contributed by atoms with Gasteiger partial charge in [0.05, 0.1) is 29.8 Å². The summed E-state index contributed by atoms with van der Waals surface area (Å²) in [4.78, 5) is 8.13. The quantitative estimate of drug-likeness (QED) is 0.373. The maximum Gasteiger partial charge on any atom is 0.387 e. The molecule has 1 N–H and O–H groups in total. The second kappa shape index (κ2) is 9.13. The summed E-state index contributed by atoms with van der Waals surface area (Å²) >= 11 is 0. The molecule has 0 fully saturated rings. The van der Waals surface area contributed by atoms with Gasteiger partial charge in [0.15, 0.2) is 27.3 Å². The Morgan fingerprint density at radius 3 is 2.70 bits per heavy atom. The second-order valence-corrected chi connectivity index (χ2v) is 6.50. The highest BCUT2D eigenvalue weighted by Gasteiger charge is 2.14. The van der Waals surface area contributed by atoms with Crippen molar-refractivity contribution in [1.82, 2.24) is 25.0 Å². The van der Waals surface area contributed by atoms with E-state index in [2.05, 4.69) is 25.0 Å². The Morgan fingerprint density at radius 1 is 1.17 bits per heavy atom. The molecule has 14 heteroatoms. The molecule has 1 aromatic carbocycles. The highest BCUT2D eigenvalue weighted by molar-refractivity contribution is 6.37. The molecule has 0 atom stereocenters. The van der Waals surface area contributed by atoms with Crippen molar-refractivity contribution in [3.8, 4) is 17.4 Å². The number of hydrogen-bond donors (Lipinski definition) is 1. The monoisotopic (exact) mass is 421 g/mol. The van der Waals surface area contributed by atoms with Crippen molar-refractivity contribution in [2.24, 2.45) is 0 Å². The molecule has 0 bridgehead atoms. The van der Waals surface area contributed by atoms with E-state index in [-0.39, 0.29) is 24.9 Å². The highest BCUT2D eigenvalue weighted by atomic mass is 19.3. The average Bonchev–Trinajstić information content (AvgIpc) is 3.15. The molecule has 9 nitrogen and oxygen atoms in total. The van der Waals surface area contributed by atoms with E-state index in [1.54, 1.807) is 6.07 Å². The summed E-state index contributed by atoms with van der Waals surface area (Å²) in [5.41, 5.74) is -0.140. The van der Waals surface area contributed by atoms with Gasteiger partial charge < -0.3 is 19.3 Å². The van der Waals surface area contributed by atoms with Crippen LogP contribution >= 0.6 is 0 Å². The first-order chi connectivity index (χ1) is 14.2. The van der Waals surface area contributed by atoms with Crippen LogP contribution in [0.15, 0.2) is 36.7 Å².